The summed E-state index contributed by atoms with van der Waals surface area (Å²) in [6.45, 7) is 3.06. The van der Waals surface area contributed by atoms with Gasteiger partial charge in [0.15, 0.2) is 11.5 Å². The van der Waals surface area contributed by atoms with E-state index in [-0.39, 0.29) is 19.8 Å². The highest BCUT2D eigenvalue weighted by molar-refractivity contribution is 7.10. The Morgan fingerprint density at radius 3 is 2.34 bits per heavy atom. The van der Waals surface area contributed by atoms with E-state index in [0.717, 1.165) is 22.6 Å². The zero-order valence-electron chi connectivity index (χ0n) is 23.1. The molecule has 4 rings (SSSR count). The third-order valence-corrected chi connectivity index (χ3v) is 8.19. The van der Waals surface area contributed by atoms with Crippen LogP contribution in [0.2, 0.25) is 0 Å². The van der Waals surface area contributed by atoms with Crippen molar-refractivity contribution in [2.24, 2.45) is 0 Å². The number of urea groups is 1. The summed E-state index contributed by atoms with van der Waals surface area (Å²) in [6, 6.07) is 11.6. The monoisotopic (exact) mass is 601 g/mol. The van der Waals surface area contributed by atoms with E-state index in [2.05, 4.69) is 17.6 Å². The molecule has 10 nitrogen and oxygen atoms in total. The number of carbonyl (C=O) groups is 3. The first kappa shape index (κ1) is 30.2. The minimum absolute atomic E-state index is 0.0172. The highest BCUT2D eigenvalue weighted by Gasteiger charge is 2.25. The lowest BCUT2D eigenvalue weighted by Crippen LogP contribution is -2.46. The topological polar surface area (TPSA) is 115 Å². The van der Waals surface area contributed by atoms with Crippen molar-refractivity contribution in [3.8, 4) is 11.5 Å². The lowest BCUT2D eigenvalue weighted by atomic mass is 10.0. The third-order valence-electron chi connectivity index (χ3n) is 6.46. The molecule has 0 fully saturated rings. The van der Waals surface area contributed by atoms with Gasteiger partial charge >= 0.3 is 18.1 Å². The third kappa shape index (κ3) is 9.12. The van der Waals surface area contributed by atoms with Crippen molar-refractivity contribution in [3.05, 3.63) is 68.5 Å². The number of rotatable bonds is 14. The van der Waals surface area contributed by atoms with Gasteiger partial charge in [0.25, 0.3) is 0 Å². The molecule has 3 heterocycles. The average Bonchev–Trinajstić information content (AvgIpc) is 3.76. The summed E-state index contributed by atoms with van der Waals surface area (Å²) in [6.07, 6.45) is 1.86. The Hall–Kier alpha value is -3.77. The first-order valence-corrected chi connectivity index (χ1v) is 15.2. The molecule has 3 amide bonds. The van der Waals surface area contributed by atoms with E-state index >= 15 is 0 Å². The quantitative estimate of drug-likeness (QED) is 0.223. The van der Waals surface area contributed by atoms with Crippen LogP contribution < -0.4 is 20.1 Å². The molecular weight excluding hydrogens is 566 g/mol. The van der Waals surface area contributed by atoms with E-state index in [1.807, 2.05) is 35.0 Å². The first-order valence-electron chi connectivity index (χ1n) is 13.4. The Labute approximate surface area is 247 Å². The second kappa shape index (κ2) is 15.3. The smallest absolute Gasteiger partial charge is 0.410 e. The standard InChI is InChI=1S/C29H35N3O7S2/c1-3-4-7-21(18-37-29(35)32(16-22-8-5-12-40-22)17-23-9-6-13-41-23)30-28(34)31-24(15-27(33)36-2)20-10-11-25-26(14-20)39-19-38-25/h5-6,8-14,21,24H,3-4,7,15-19H2,1-2H3,(H2,30,31,34)/t21-,24-/m1/s1. The molecule has 12 heteroatoms. The number of hydrogen-bond donors (Lipinski definition) is 2. The van der Waals surface area contributed by atoms with Crippen molar-refractivity contribution in [1.82, 2.24) is 15.5 Å². The SMILES string of the molecule is CCCC[C@H](COC(=O)N(Cc1cccs1)Cc1cccs1)NC(=O)N[C@H](CC(=O)OC)c1ccc2c(c1)OCO2. The molecule has 220 valence electrons. The van der Waals surface area contributed by atoms with Gasteiger partial charge < -0.3 is 29.6 Å². The van der Waals surface area contributed by atoms with Gasteiger partial charge in [-0.25, -0.2) is 9.59 Å². The van der Waals surface area contributed by atoms with Gasteiger partial charge in [0.2, 0.25) is 6.79 Å². The Morgan fingerprint density at radius 1 is 1.00 bits per heavy atom. The summed E-state index contributed by atoms with van der Waals surface area (Å²) in [5.41, 5.74) is 0.670. The predicted octanol–water partition coefficient (Wildman–Crippen LogP) is 5.84. The molecule has 2 N–H and O–H groups in total. The predicted molar refractivity (Wildman–Crippen MR) is 156 cm³/mol. The Morgan fingerprint density at radius 2 is 1.71 bits per heavy atom. The van der Waals surface area contributed by atoms with Crippen LogP contribution in [0.5, 0.6) is 11.5 Å². The Balaban J connectivity index is 1.39. The summed E-state index contributed by atoms with van der Waals surface area (Å²) in [7, 11) is 1.30. The molecule has 0 aliphatic carbocycles. The minimum Gasteiger partial charge on any atom is -0.469 e. The van der Waals surface area contributed by atoms with Gasteiger partial charge in [0.1, 0.15) is 6.61 Å². The summed E-state index contributed by atoms with van der Waals surface area (Å²) >= 11 is 3.16. The molecule has 1 aliphatic heterocycles. The Kier molecular flexibility index (Phi) is 11.3. The van der Waals surface area contributed by atoms with E-state index in [9.17, 15) is 14.4 Å². The van der Waals surface area contributed by atoms with Crippen LogP contribution in [0.15, 0.2) is 53.2 Å². The maximum absolute atomic E-state index is 13.2. The maximum Gasteiger partial charge on any atom is 0.410 e. The van der Waals surface area contributed by atoms with Crippen molar-refractivity contribution in [2.75, 3.05) is 20.5 Å². The zero-order chi connectivity index (χ0) is 29.0. The number of nitrogens with one attached hydrogen (secondary N) is 2. The molecule has 0 radical (unpaired) electrons. The van der Waals surface area contributed by atoms with Gasteiger partial charge in [-0.1, -0.05) is 38.0 Å². The highest BCUT2D eigenvalue weighted by atomic mass is 32.1. The molecule has 0 saturated carbocycles. The molecule has 2 aromatic heterocycles. The van der Waals surface area contributed by atoms with Gasteiger partial charge in [0, 0.05) is 9.75 Å². The second-order valence-corrected chi connectivity index (χ2v) is 11.6. The van der Waals surface area contributed by atoms with Crippen molar-refractivity contribution < 1.29 is 33.3 Å². The van der Waals surface area contributed by atoms with Crippen LogP contribution in [0.1, 0.15) is 54.0 Å². The number of amides is 3. The van der Waals surface area contributed by atoms with Gasteiger partial charge in [-0.2, -0.15) is 0 Å². The minimum atomic E-state index is -0.668. The number of benzene rings is 1. The number of hydrogen-bond acceptors (Lipinski definition) is 9. The molecule has 1 aliphatic rings. The van der Waals surface area contributed by atoms with E-state index in [1.165, 1.54) is 7.11 Å². The molecule has 3 aromatic rings. The van der Waals surface area contributed by atoms with Crippen LogP contribution in [0, 0.1) is 0 Å². The number of fused-ring (bicyclic) bond motifs is 1. The molecule has 1 aromatic carbocycles. The van der Waals surface area contributed by atoms with Gasteiger partial charge in [0.05, 0.1) is 38.7 Å². The Bertz CT molecular complexity index is 1230. The largest absolute Gasteiger partial charge is 0.469 e. The first-order chi connectivity index (χ1) is 19.9. The van der Waals surface area contributed by atoms with Crippen molar-refractivity contribution >= 4 is 40.8 Å². The molecule has 41 heavy (non-hydrogen) atoms. The number of unbranched alkanes of at least 4 members (excludes halogenated alkanes) is 1. The number of esters is 1. The number of ether oxygens (including phenoxy) is 4. The lowest BCUT2D eigenvalue weighted by Gasteiger charge is -2.25. The van der Waals surface area contributed by atoms with Crippen molar-refractivity contribution in [3.63, 3.8) is 0 Å². The molecule has 0 spiro atoms. The van der Waals surface area contributed by atoms with Crippen LogP contribution in [-0.4, -0.2) is 49.5 Å². The zero-order valence-corrected chi connectivity index (χ0v) is 24.8. The molecule has 2 atom stereocenters. The number of carbonyl (C=O) groups excluding carboxylic acids is 3. The van der Waals surface area contributed by atoms with Crippen LogP contribution in [0.3, 0.4) is 0 Å². The number of nitrogens with zero attached hydrogens (tertiary/aromatic N) is 1. The normalized spacial score (nSPS) is 13.2. The fourth-order valence-corrected chi connectivity index (χ4v) is 5.73. The van der Waals surface area contributed by atoms with E-state index in [4.69, 9.17) is 18.9 Å². The highest BCUT2D eigenvalue weighted by Crippen LogP contribution is 2.35. The van der Waals surface area contributed by atoms with Crippen LogP contribution in [-0.2, 0) is 27.4 Å². The van der Waals surface area contributed by atoms with Crippen molar-refractivity contribution in [1.29, 1.82) is 0 Å². The summed E-state index contributed by atoms with van der Waals surface area (Å²) < 4.78 is 21.4. The van der Waals surface area contributed by atoms with Gasteiger partial charge in [-0.05, 0) is 47.0 Å². The molecular formula is C29H35N3O7S2. The van der Waals surface area contributed by atoms with Crippen LogP contribution in [0.4, 0.5) is 9.59 Å². The van der Waals surface area contributed by atoms with E-state index in [0.29, 0.717) is 36.6 Å². The fourth-order valence-electron chi connectivity index (χ4n) is 4.29. The van der Waals surface area contributed by atoms with Gasteiger partial charge in [-0.3, -0.25) is 9.69 Å². The van der Waals surface area contributed by atoms with E-state index in [1.54, 1.807) is 45.8 Å². The van der Waals surface area contributed by atoms with Crippen LogP contribution >= 0.6 is 22.7 Å². The fraction of sp³-hybridized carbons (Fsp3) is 0.414. The van der Waals surface area contributed by atoms with Crippen molar-refractivity contribution in [2.45, 2.75) is 57.8 Å². The maximum atomic E-state index is 13.2. The number of thiophene rings is 2. The lowest BCUT2D eigenvalue weighted by molar-refractivity contribution is -0.141. The van der Waals surface area contributed by atoms with Crippen LogP contribution in [0.25, 0.3) is 0 Å². The average molecular weight is 602 g/mol. The molecule has 0 bridgehead atoms. The second-order valence-electron chi connectivity index (χ2n) is 9.49. The molecule has 0 saturated heterocycles. The van der Waals surface area contributed by atoms with Gasteiger partial charge in [-0.15, -0.1) is 22.7 Å². The molecule has 0 unspecified atom stereocenters. The summed E-state index contributed by atoms with van der Waals surface area (Å²) in [5, 5.41) is 9.76. The summed E-state index contributed by atoms with van der Waals surface area (Å²) in [4.78, 5) is 42.2. The van der Waals surface area contributed by atoms with E-state index < -0.39 is 30.2 Å². The number of methoxy groups -OCH3 is 1. The summed E-state index contributed by atoms with van der Waals surface area (Å²) in [5.74, 6) is 0.673.